The number of para-hydroxylation sites is 1. The van der Waals surface area contributed by atoms with Gasteiger partial charge in [0, 0.05) is 24.4 Å². The van der Waals surface area contributed by atoms with Crippen molar-refractivity contribution in [2.75, 3.05) is 27.2 Å². The molecule has 0 unspecified atom stereocenters. The van der Waals surface area contributed by atoms with Crippen LogP contribution in [0.15, 0.2) is 60.1 Å². The van der Waals surface area contributed by atoms with Crippen molar-refractivity contribution in [3.8, 4) is 16.3 Å². The van der Waals surface area contributed by atoms with Crippen molar-refractivity contribution in [2.45, 2.75) is 6.42 Å². The number of carbonyl (C=O) groups is 1. The van der Waals surface area contributed by atoms with Gasteiger partial charge in [-0.3, -0.25) is 4.79 Å². The zero-order valence-corrected chi connectivity index (χ0v) is 16.4. The Labute approximate surface area is 163 Å². The lowest BCUT2D eigenvalue weighted by molar-refractivity contribution is -0.116. The minimum atomic E-state index is -0.0849. The Kier molecular flexibility index (Phi) is 6.57. The van der Waals surface area contributed by atoms with Gasteiger partial charge in [-0.2, -0.15) is 5.10 Å². The molecule has 6 heteroatoms. The lowest BCUT2D eigenvalue weighted by atomic mass is 10.2. The molecule has 1 amide bonds. The van der Waals surface area contributed by atoms with Crippen molar-refractivity contribution in [1.29, 1.82) is 0 Å². The molecule has 1 aromatic carbocycles. The van der Waals surface area contributed by atoms with Crippen LogP contribution in [0.2, 0.25) is 0 Å². The van der Waals surface area contributed by atoms with Crippen LogP contribution in [0.4, 0.5) is 0 Å². The molecule has 0 bridgehead atoms. The van der Waals surface area contributed by atoms with Crippen molar-refractivity contribution < 1.29 is 4.79 Å². The number of thiophene rings is 1. The summed E-state index contributed by atoms with van der Waals surface area (Å²) in [7, 11) is 4.05. The highest BCUT2D eigenvalue weighted by Crippen LogP contribution is 2.28. The van der Waals surface area contributed by atoms with Crippen LogP contribution in [0.1, 0.15) is 12.0 Å². The first kappa shape index (κ1) is 19.1. The van der Waals surface area contributed by atoms with Gasteiger partial charge >= 0.3 is 0 Å². The quantitative estimate of drug-likeness (QED) is 0.479. The second-order valence-electron chi connectivity index (χ2n) is 6.47. The fraction of sp³-hybridized carbons (Fsp3) is 0.238. The molecule has 0 aliphatic carbocycles. The molecule has 0 aliphatic heterocycles. The molecule has 0 saturated carbocycles. The van der Waals surface area contributed by atoms with E-state index in [-0.39, 0.29) is 5.91 Å². The van der Waals surface area contributed by atoms with Crippen LogP contribution in [0.25, 0.3) is 22.3 Å². The predicted molar refractivity (Wildman–Crippen MR) is 112 cm³/mol. The summed E-state index contributed by atoms with van der Waals surface area (Å²) in [5.41, 5.74) is 2.79. The van der Waals surface area contributed by atoms with Gasteiger partial charge in [0.1, 0.15) is 5.69 Å². The molecule has 1 N–H and O–H groups in total. The number of aromatic nitrogens is 2. The van der Waals surface area contributed by atoms with E-state index in [1.54, 1.807) is 17.4 Å². The average Bonchev–Trinajstić information content (AvgIpc) is 3.33. The van der Waals surface area contributed by atoms with Gasteiger partial charge in [0.15, 0.2) is 0 Å². The standard InChI is InChI=1S/C21H24N4OS/c1-24(2)14-7-13-22-20(26)12-11-17-16-25(18-8-4-3-5-9-18)23-21(17)19-10-6-15-27-19/h3-6,8-12,15-16H,7,13-14H2,1-2H3,(H,22,26)/b12-11+. The number of amides is 1. The molecule has 5 nitrogen and oxygen atoms in total. The zero-order valence-electron chi connectivity index (χ0n) is 15.6. The minimum absolute atomic E-state index is 0.0849. The highest BCUT2D eigenvalue weighted by atomic mass is 32.1. The Bertz CT molecular complexity index is 882. The molecule has 0 atom stereocenters. The molecule has 0 radical (unpaired) electrons. The Balaban J connectivity index is 1.75. The molecular formula is C21H24N4OS. The van der Waals surface area contributed by atoms with Crippen molar-refractivity contribution in [3.63, 3.8) is 0 Å². The van der Waals surface area contributed by atoms with Crippen molar-refractivity contribution in [3.05, 3.63) is 65.7 Å². The molecular weight excluding hydrogens is 356 g/mol. The van der Waals surface area contributed by atoms with Crippen molar-refractivity contribution in [2.24, 2.45) is 0 Å². The van der Waals surface area contributed by atoms with Gasteiger partial charge in [-0.25, -0.2) is 4.68 Å². The van der Waals surface area contributed by atoms with Crippen LogP contribution in [0.5, 0.6) is 0 Å². The third-order valence-electron chi connectivity index (χ3n) is 4.01. The summed E-state index contributed by atoms with van der Waals surface area (Å²) in [6, 6.07) is 14.0. The first-order valence-electron chi connectivity index (χ1n) is 8.93. The fourth-order valence-electron chi connectivity index (χ4n) is 2.66. The van der Waals surface area contributed by atoms with E-state index in [0.717, 1.165) is 34.8 Å². The molecule has 2 heterocycles. The van der Waals surface area contributed by atoms with Crippen LogP contribution in [0, 0.1) is 0 Å². The summed E-state index contributed by atoms with van der Waals surface area (Å²) in [4.78, 5) is 15.3. The van der Waals surface area contributed by atoms with Crippen LogP contribution in [-0.2, 0) is 4.79 Å². The Morgan fingerprint density at radius 2 is 2.04 bits per heavy atom. The first-order chi connectivity index (χ1) is 13.1. The van der Waals surface area contributed by atoms with Crippen molar-refractivity contribution in [1.82, 2.24) is 20.0 Å². The van der Waals surface area contributed by atoms with E-state index in [0.29, 0.717) is 6.54 Å². The summed E-state index contributed by atoms with van der Waals surface area (Å²) in [6.45, 7) is 1.62. The van der Waals surface area contributed by atoms with Gasteiger partial charge in [0.05, 0.1) is 10.6 Å². The average molecular weight is 381 g/mol. The Morgan fingerprint density at radius 3 is 2.74 bits per heavy atom. The maximum Gasteiger partial charge on any atom is 0.244 e. The lowest BCUT2D eigenvalue weighted by Crippen LogP contribution is -2.25. The van der Waals surface area contributed by atoms with Crippen LogP contribution in [-0.4, -0.2) is 47.8 Å². The number of hydrogen-bond acceptors (Lipinski definition) is 4. The zero-order chi connectivity index (χ0) is 19.1. The number of nitrogens with one attached hydrogen (secondary N) is 1. The third kappa shape index (κ3) is 5.39. The Morgan fingerprint density at radius 1 is 1.22 bits per heavy atom. The molecule has 140 valence electrons. The number of rotatable bonds is 8. The molecule has 0 saturated heterocycles. The van der Waals surface area contributed by atoms with Crippen LogP contribution < -0.4 is 5.32 Å². The topological polar surface area (TPSA) is 50.2 Å². The fourth-order valence-corrected chi connectivity index (χ4v) is 3.39. The van der Waals surface area contributed by atoms with Gasteiger partial charge in [-0.15, -0.1) is 11.3 Å². The van der Waals surface area contributed by atoms with Crippen LogP contribution >= 0.6 is 11.3 Å². The van der Waals surface area contributed by atoms with E-state index in [1.165, 1.54) is 0 Å². The first-order valence-corrected chi connectivity index (χ1v) is 9.81. The largest absolute Gasteiger partial charge is 0.353 e. The summed E-state index contributed by atoms with van der Waals surface area (Å²) in [5.74, 6) is -0.0849. The van der Waals surface area contributed by atoms with E-state index in [9.17, 15) is 4.79 Å². The van der Waals surface area contributed by atoms with E-state index >= 15 is 0 Å². The summed E-state index contributed by atoms with van der Waals surface area (Å²) in [5, 5.41) is 9.69. The molecule has 3 aromatic rings. The van der Waals surface area contributed by atoms with E-state index < -0.39 is 0 Å². The monoisotopic (exact) mass is 380 g/mol. The summed E-state index contributed by atoms with van der Waals surface area (Å²) in [6.07, 6.45) is 6.31. The lowest BCUT2D eigenvalue weighted by Gasteiger charge is -2.08. The van der Waals surface area contributed by atoms with E-state index in [2.05, 4.69) is 10.2 Å². The molecule has 0 fully saturated rings. The van der Waals surface area contributed by atoms with Gasteiger partial charge in [0.2, 0.25) is 5.91 Å². The number of benzene rings is 1. The second kappa shape index (κ2) is 9.30. The molecule has 27 heavy (non-hydrogen) atoms. The van der Waals surface area contributed by atoms with Gasteiger partial charge < -0.3 is 10.2 Å². The molecule has 3 rings (SSSR count). The molecule has 0 spiro atoms. The van der Waals surface area contributed by atoms with Gasteiger partial charge in [-0.05, 0) is 56.7 Å². The van der Waals surface area contributed by atoms with Gasteiger partial charge in [-0.1, -0.05) is 24.3 Å². The van der Waals surface area contributed by atoms with Gasteiger partial charge in [0.25, 0.3) is 0 Å². The highest BCUT2D eigenvalue weighted by Gasteiger charge is 2.11. The maximum atomic E-state index is 12.1. The second-order valence-corrected chi connectivity index (χ2v) is 7.42. The predicted octanol–water partition coefficient (Wildman–Crippen LogP) is 3.68. The molecule has 0 aliphatic rings. The number of hydrogen-bond donors (Lipinski definition) is 1. The maximum absolute atomic E-state index is 12.1. The smallest absolute Gasteiger partial charge is 0.244 e. The van der Waals surface area contributed by atoms with E-state index in [4.69, 9.17) is 5.10 Å². The van der Waals surface area contributed by atoms with Crippen LogP contribution in [0.3, 0.4) is 0 Å². The summed E-state index contributed by atoms with van der Waals surface area (Å²) >= 11 is 1.64. The summed E-state index contributed by atoms with van der Waals surface area (Å²) < 4.78 is 1.85. The number of nitrogens with zero attached hydrogens (tertiary/aromatic N) is 3. The Hall–Kier alpha value is -2.70. The van der Waals surface area contributed by atoms with E-state index in [1.807, 2.05) is 78.9 Å². The minimum Gasteiger partial charge on any atom is -0.353 e. The van der Waals surface area contributed by atoms with Crippen molar-refractivity contribution >= 4 is 23.3 Å². The molecule has 2 aromatic heterocycles. The normalized spacial score (nSPS) is 11.4. The number of carbonyl (C=O) groups excluding carboxylic acids is 1. The SMILES string of the molecule is CN(C)CCCNC(=O)/C=C/c1cn(-c2ccccc2)nc1-c1cccs1. The highest BCUT2D eigenvalue weighted by molar-refractivity contribution is 7.13. The third-order valence-corrected chi connectivity index (χ3v) is 4.89.